The lowest BCUT2D eigenvalue weighted by Gasteiger charge is -2.03. The van der Waals surface area contributed by atoms with E-state index in [2.05, 4.69) is 10.4 Å². The zero-order chi connectivity index (χ0) is 9.84. The Morgan fingerprint density at radius 1 is 1.54 bits per heavy atom. The number of hydrogen-bond acceptors (Lipinski definition) is 2. The Morgan fingerprint density at radius 3 is 2.77 bits per heavy atom. The van der Waals surface area contributed by atoms with Crippen molar-refractivity contribution in [2.75, 3.05) is 0 Å². The van der Waals surface area contributed by atoms with Gasteiger partial charge in [0.1, 0.15) is 0 Å². The molecule has 0 spiro atoms. The van der Waals surface area contributed by atoms with Gasteiger partial charge in [0.05, 0.1) is 10.7 Å². The molecule has 0 aliphatic rings. The number of hydrazine groups is 1. The van der Waals surface area contributed by atoms with Crippen LogP contribution in [0.25, 0.3) is 0 Å². The Bertz CT molecular complexity index is 315. The predicted octanol–water partition coefficient (Wildman–Crippen LogP) is 1.06. The van der Waals surface area contributed by atoms with Gasteiger partial charge >= 0.3 is 0 Å². The number of aryl methyl sites for hydroxylation is 1. The van der Waals surface area contributed by atoms with Crippen molar-refractivity contribution < 1.29 is 0 Å². The van der Waals surface area contributed by atoms with Crippen LogP contribution in [0.15, 0.2) is 23.2 Å². The molecule has 0 saturated heterocycles. The highest BCUT2D eigenvalue weighted by Crippen LogP contribution is 2.27. The summed E-state index contributed by atoms with van der Waals surface area (Å²) in [7, 11) is 0. The average molecular weight is 199 g/mol. The van der Waals surface area contributed by atoms with Crippen molar-refractivity contribution in [2.45, 2.75) is 6.92 Å². The molecule has 70 valence electrons. The summed E-state index contributed by atoms with van der Waals surface area (Å²) in [6.07, 6.45) is 0. The molecule has 0 aliphatic carbocycles. The predicted molar refractivity (Wildman–Crippen MR) is 54.8 cm³/mol. The lowest BCUT2D eigenvalue weighted by Crippen LogP contribution is -2.36. The van der Waals surface area contributed by atoms with Crippen molar-refractivity contribution in [2.24, 2.45) is 16.6 Å². The van der Waals surface area contributed by atoms with E-state index in [-0.39, 0.29) is 5.96 Å². The summed E-state index contributed by atoms with van der Waals surface area (Å²) < 4.78 is 0. The Morgan fingerprint density at radius 2 is 2.23 bits per heavy atom. The molecule has 13 heavy (non-hydrogen) atoms. The maximum atomic E-state index is 5.90. The van der Waals surface area contributed by atoms with Gasteiger partial charge < -0.3 is 5.73 Å². The molecule has 0 bridgehead atoms. The zero-order valence-corrected chi connectivity index (χ0v) is 7.97. The maximum Gasteiger partial charge on any atom is 0.208 e. The van der Waals surface area contributed by atoms with Crippen LogP contribution >= 0.6 is 11.6 Å². The van der Waals surface area contributed by atoms with E-state index in [1.807, 2.05) is 19.1 Å². The molecule has 1 aromatic rings. The van der Waals surface area contributed by atoms with Crippen molar-refractivity contribution in [1.29, 1.82) is 0 Å². The van der Waals surface area contributed by atoms with Crippen LogP contribution in [0, 0.1) is 6.92 Å². The molecular weight excluding hydrogens is 188 g/mol. The monoisotopic (exact) mass is 198 g/mol. The summed E-state index contributed by atoms with van der Waals surface area (Å²) in [6, 6.07) is 5.49. The minimum atomic E-state index is 0.135. The van der Waals surface area contributed by atoms with Gasteiger partial charge in [-0.1, -0.05) is 23.7 Å². The number of hydrogen-bond donors (Lipinski definition) is 3. The number of benzene rings is 1. The molecule has 0 saturated carbocycles. The first-order chi connectivity index (χ1) is 6.15. The second-order valence-corrected chi connectivity index (χ2v) is 2.95. The van der Waals surface area contributed by atoms with Crippen LogP contribution < -0.4 is 17.0 Å². The molecule has 0 fully saturated rings. The number of para-hydroxylation sites is 1. The fraction of sp³-hybridized carbons (Fsp3) is 0.125. The number of nitrogens with one attached hydrogen (secondary N) is 1. The van der Waals surface area contributed by atoms with E-state index in [1.165, 1.54) is 0 Å². The fourth-order valence-electron chi connectivity index (χ4n) is 0.917. The molecule has 0 aromatic heterocycles. The summed E-state index contributed by atoms with van der Waals surface area (Å²) in [5.41, 5.74) is 9.22. The van der Waals surface area contributed by atoms with E-state index in [4.69, 9.17) is 23.2 Å². The highest BCUT2D eigenvalue weighted by atomic mass is 35.5. The topological polar surface area (TPSA) is 76.4 Å². The first kappa shape index (κ1) is 9.83. The van der Waals surface area contributed by atoms with E-state index in [1.54, 1.807) is 6.07 Å². The molecule has 1 aromatic carbocycles. The highest BCUT2D eigenvalue weighted by Gasteiger charge is 2.01. The van der Waals surface area contributed by atoms with Crippen LogP contribution in [0.1, 0.15) is 5.56 Å². The van der Waals surface area contributed by atoms with Crippen molar-refractivity contribution in [3.05, 3.63) is 28.8 Å². The molecule has 0 aliphatic heterocycles. The standard InChI is InChI=1S/C8H11ClN4/c1-5-3-2-4-6(9)7(5)12-8(10)13-11/h2-4H,11H2,1H3,(H3,10,12,13). The minimum Gasteiger partial charge on any atom is -0.369 e. The molecule has 0 atom stereocenters. The van der Waals surface area contributed by atoms with Gasteiger partial charge in [-0.2, -0.15) is 0 Å². The second-order valence-electron chi connectivity index (χ2n) is 2.55. The summed E-state index contributed by atoms with van der Waals surface area (Å²) in [6.45, 7) is 1.90. The lowest BCUT2D eigenvalue weighted by molar-refractivity contribution is 1.01. The summed E-state index contributed by atoms with van der Waals surface area (Å²) >= 11 is 5.90. The van der Waals surface area contributed by atoms with Crippen LogP contribution in [0.2, 0.25) is 5.02 Å². The van der Waals surface area contributed by atoms with Gasteiger partial charge in [0.2, 0.25) is 5.96 Å². The van der Waals surface area contributed by atoms with E-state index >= 15 is 0 Å². The van der Waals surface area contributed by atoms with Gasteiger partial charge in [-0.15, -0.1) is 0 Å². The SMILES string of the molecule is Cc1cccc(Cl)c1N=C(N)NN. The van der Waals surface area contributed by atoms with Crippen LogP contribution in [0.3, 0.4) is 0 Å². The van der Waals surface area contributed by atoms with Crippen molar-refractivity contribution in [1.82, 2.24) is 5.43 Å². The molecule has 0 heterocycles. The first-order valence-electron chi connectivity index (χ1n) is 3.71. The number of rotatable bonds is 1. The van der Waals surface area contributed by atoms with Gasteiger partial charge in [0, 0.05) is 0 Å². The van der Waals surface area contributed by atoms with E-state index in [0.29, 0.717) is 10.7 Å². The van der Waals surface area contributed by atoms with Crippen molar-refractivity contribution in [3.8, 4) is 0 Å². The minimum absolute atomic E-state index is 0.135. The largest absolute Gasteiger partial charge is 0.369 e. The van der Waals surface area contributed by atoms with Crippen LogP contribution in [0.4, 0.5) is 5.69 Å². The molecule has 0 amide bonds. The van der Waals surface area contributed by atoms with Crippen LogP contribution in [-0.4, -0.2) is 5.96 Å². The fourth-order valence-corrected chi connectivity index (χ4v) is 1.18. The maximum absolute atomic E-state index is 5.90. The first-order valence-corrected chi connectivity index (χ1v) is 4.09. The molecular formula is C8H11ClN4. The van der Waals surface area contributed by atoms with Crippen LogP contribution in [-0.2, 0) is 0 Å². The highest BCUT2D eigenvalue weighted by molar-refractivity contribution is 6.33. The molecule has 1 rings (SSSR count). The Labute approximate surface area is 81.6 Å². The number of nitrogens with two attached hydrogens (primary N) is 2. The summed E-state index contributed by atoms with van der Waals surface area (Å²) in [5, 5.41) is 0.554. The van der Waals surface area contributed by atoms with Crippen molar-refractivity contribution >= 4 is 23.2 Å². The second kappa shape index (κ2) is 4.11. The lowest BCUT2D eigenvalue weighted by atomic mass is 10.2. The molecule has 0 unspecified atom stereocenters. The summed E-state index contributed by atoms with van der Waals surface area (Å²) in [5.74, 6) is 5.21. The molecule has 5 heteroatoms. The van der Waals surface area contributed by atoms with Gasteiger partial charge in [-0.25, -0.2) is 10.8 Å². The van der Waals surface area contributed by atoms with Gasteiger partial charge in [-0.05, 0) is 18.6 Å². The Hall–Kier alpha value is -1.26. The van der Waals surface area contributed by atoms with Crippen LogP contribution in [0.5, 0.6) is 0 Å². The zero-order valence-electron chi connectivity index (χ0n) is 7.21. The third-order valence-corrected chi connectivity index (χ3v) is 1.87. The van der Waals surface area contributed by atoms with E-state index in [9.17, 15) is 0 Å². The van der Waals surface area contributed by atoms with E-state index < -0.39 is 0 Å². The Balaban J connectivity index is 3.14. The normalized spacial score (nSPS) is 11.5. The van der Waals surface area contributed by atoms with Gasteiger partial charge in [-0.3, -0.25) is 5.43 Å². The smallest absolute Gasteiger partial charge is 0.208 e. The number of nitrogens with zero attached hydrogens (tertiary/aromatic N) is 1. The number of halogens is 1. The van der Waals surface area contributed by atoms with Gasteiger partial charge in [0.15, 0.2) is 0 Å². The number of guanidine groups is 1. The molecule has 0 radical (unpaired) electrons. The Kier molecular flexibility index (Phi) is 3.11. The quantitative estimate of drug-likeness (QED) is 0.273. The van der Waals surface area contributed by atoms with Gasteiger partial charge in [0.25, 0.3) is 0 Å². The third-order valence-electron chi connectivity index (χ3n) is 1.57. The van der Waals surface area contributed by atoms with Crippen molar-refractivity contribution in [3.63, 3.8) is 0 Å². The molecule has 4 nitrogen and oxygen atoms in total. The summed E-state index contributed by atoms with van der Waals surface area (Å²) in [4.78, 5) is 4.00. The van der Waals surface area contributed by atoms with E-state index in [0.717, 1.165) is 5.56 Å². The molecule has 5 N–H and O–H groups in total. The number of aliphatic imine (C=N–C) groups is 1. The average Bonchev–Trinajstić information content (AvgIpc) is 2.11. The third kappa shape index (κ3) is 2.34.